The number of aliphatic hydroxyl groups is 1. The fraction of sp³-hybridized carbons (Fsp3) is 0.667. The van der Waals surface area contributed by atoms with Crippen molar-refractivity contribution in [1.82, 2.24) is 9.55 Å². The van der Waals surface area contributed by atoms with Crippen LogP contribution < -0.4 is 0 Å². The predicted molar refractivity (Wildman–Crippen MR) is 48.1 cm³/mol. The van der Waals surface area contributed by atoms with Crippen LogP contribution >= 0.6 is 0 Å². The van der Waals surface area contributed by atoms with Crippen LogP contribution in [0.25, 0.3) is 0 Å². The molecule has 12 heavy (non-hydrogen) atoms. The summed E-state index contributed by atoms with van der Waals surface area (Å²) in [7, 11) is 1.99. The summed E-state index contributed by atoms with van der Waals surface area (Å²) in [6.07, 6.45) is 2.53. The van der Waals surface area contributed by atoms with E-state index in [0.29, 0.717) is 12.3 Å². The van der Waals surface area contributed by atoms with Gasteiger partial charge < -0.3 is 9.67 Å². The molecule has 0 radical (unpaired) electrons. The molecule has 0 aliphatic heterocycles. The average molecular weight is 168 g/mol. The van der Waals surface area contributed by atoms with E-state index in [0.717, 1.165) is 11.5 Å². The summed E-state index contributed by atoms with van der Waals surface area (Å²) in [5.41, 5.74) is 1.10. The Morgan fingerprint density at radius 3 is 2.67 bits per heavy atom. The summed E-state index contributed by atoms with van der Waals surface area (Å²) in [4.78, 5) is 4.29. The van der Waals surface area contributed by atoms with Crippen molar-refractivity contribution in [2.45, 2.75) is 26.2 Å². The maximum atomic E-state index is 8.75. The Balaban J connectivity index is 2.88. The summed E-state index contributed by atoms with van der Waals surface area (Å²) < 4.78 is 2.06. The molecule has 3 nitrogen and oxygen atoms in total. The van der Waals surface area contributed by atoms with E-state index in [2.05, 4.69) is 23.4 Å². The SMILES string of the molecule is CC(C)c1ncc(CCO)n1C. The van der Waals surface area contributed by atoms with Crippen molar-refractivity contribution >= 4 is 0 Å². The van der Waals surface area contributed by atoms with Gasteiger partial charge in [-0.3, -0.25) is 0 Å². The average Bonchev–Trinajstić information content (AvgIpc) is 2.34. The van der Waals surface area contributed by atoms with Gasteiger partial charge in [0.1, 0.15) is 5.82 Å². The van der Waals surface area contributed by atoms with Gasteiger partial charge in [-0.15, -0.1) is 0 Å². The molecule has 3 heteroatoms. The van der Waals surface area contributed by atoms with Gasteiger partial charge in [-0.1, -0.05) is 13.8 Å². The van der Waals surface area contributed by atoms with Gasteiger partial charge in [-0.05, 0) is 0 Å². The number of hydrogen-bond acceptors (Lipinski definition) is 2. The third-order valence-corrected chi connectivity index (χ3v) is 2.00. The third kappa shape index (κ3) is 1.67. The van der Waals surface area contributed by atoms with Crippen LogP contribution in [0.4, 0.5) is 0 Å². The molecule has 0 aliphatic carbocycles. The van der Waals surface area contributed by atoms with Gasteiger partial charge in [0, 0.05) is 37.9 Å². The van der Waals surface area contributed by atoms with Crippen LogP contribution in [-0.2, 0) is 13.5 Å². The standard InChI is InChI=1S/C9H16N2O/c1-7(2)9-10-6-8(4-5-12)11(9)3/h6-7,12H,4-5H2,1-3H3. The molecule has 1 aromatic heterocycles. The predicted octanol–water partition coefficient (Wildman–Crippen LogP) is 1.08. The molecule has 1 heterocycles. The van der Waals surface area contributed by atoms with Crippen molar-refractivity contribution in [2.24, 2.45) is 7.05 Å². The smallest absolute Gasteiger partial charge is 0.111 e. The minimum absolute atomic E-state index is 0.192. The number of hydrogen-bond donors (Lipinski definition) is 1. The van der Waals surface area contributed by atoms with Crippen LogP contribution in [0, 0.1) is 0 Å². The quantitative estimate of drug-likeness (QED) is 0.733. The lowest BCUT2D eigenvalue weighted by atomic mass is 10.2. The van der Waals surface area contributed by atoms with Gasteiger partial charge in [0.25, 0.3) is 0 Å². The molecule has 0 amide bonds. The Bertz CT molecular complexity index is 253. The normalized spacial score (nSPS) is 11.1. The van der Waals surface area contributed by atoms with E-state index in [1.807, 2.05) is 13.2 Å². The van der Waals surface area contributed by atoms with Crippen molar-refractivity contribution in [2.75, 3.05) is 6.61 Å². The molecule has 0 saturated heterocycles. The lowest BCUT2D eigenvalue weighted by Gasteiger charge is -2.06. The van der Waals surface area contributed by atoms with Crippen molar-refractivity contribution in [3.05, 3.63) is 17.7 Å². The Kier molecular flexibility index (Phi) is 2.87. The number of aromatic nitrogens is 2. The molecule has 0 aliphatic rings. The summed E-state index contributed by atoms with van der Waals surface area (Å²) in [5, 5.41) is 8.75. The molecule has 0 fully saturated rings. The van der Waals surface area contributed by atoms with Crippen LogP contribution in [-0.4, -0.2) is 21.3 Å². The summed E-state index contributed by atoms with van der Waals surface area (Å²) in [6, 6.07) is 0. The molecule has 1 rings (SSSR count). The van der Waals surface area contributed by atoms with E-state index in [1.165, 1.54) is 0 Å². The molecule has 0 unspecified atom stereocenters. The Morgan fingerprint density at radius 2 is 2.25 bits per heavy atom. The molecule has 1 N–H and O–H groups in total. The molecular weight excluding hydrogens is 152 g/mol. The van der Waals surface area contributed by atoms with E-state index < -0.39 is 0 Å². The van der Waals surface area contributed by atoms with Crippen molar-refractivity contribution < 1.29 is 5.11 Å². The van der Waals surface area contributed by atoms with Gasteiger partial charge in [0.05, 0.1) is 0 Å². The second kappa shape index (κ2) is 3.72. The largest absolute Gasteiger partial charge is 0.396 e. The molecule has 0 aromatic carbocycles. The zero-order valence-electron chi connectivity index (χ0n) is 7.91. The zero-order chi connectivity index (χ0) is 9.14. The Morgan fingerprint density at radius 1 is 1.58 bits per heavy atom. The third-order valence-electron chi connectivity index (χ3n) is 2.00. The van der Waals surface area contributed by atoms with Crippen molar-refractivity contribution in [3.63, 3.8) is 0 Å². The van der Waals surface area contributed by atoms with Gasteiger partial charge in [0.15, 0.2) is 0 Å². The molecule has 0 saturated carbocycles. The maximum Gasteiger partial charge on any atom is 0.111 e. The monoisotopic (exact) mass is 168 g/mol. The van der Waals surface area contributed by atoms with Gasteiger partial charge in [0.2, 0.25) is 0 Å². The first-order valence-electron chi connectivity index (χ1n) is 4.28. The first kappa shape index (κ1) is 9.26. The van der Waals surface area contributed by atoms with Crippen LogP contribution in [0.5, 0.6) is 0 Å². The Hall–Kier alpha value is -0.830. The van der Waals surface area contributed by atoms with Gasteiger partial charge in [-0.2, -0.15) is 0 Å². The second-order valence-corrected chi connectivity index (χ2v) is 3.30. The number of nitrogens with zero attached hydrogens (tertiary/aromatic N) is 2. The van der Waals surface area contributed by atoms with Crippen LogP contribution in [0.3, 0.4) is 0 Å². The molecule has 0 spiro atoms. The second-order valence-electron chi connectivity index (χ2n) is 3.30. The van der Waals surface area contributed by atoms with Gasteiger partial charge >= 0.3 is 0 Å². The molecular formula is C9H16N2O. The lowest BCUT2D eigenvalue weighted by molar-refractivity contribution is 0.296. The van der Waals surface area contributed by atoms with E-state index in [4.69, 9.17) is 5.11 Å². The highest BCUT2D eigenvalue weighted by molar-refractivity contribution is 5.07. The maximum absolute atomic E-state index is 8.75. The zero-order valence-corrected chi connectivity index (χ0v) is 7.91. The minimum Gasteiger partial charge on any atom is -0.396 e. The molecule has 1 aromatic rings. The summed E-state index contributed by atoms with van der Waals surface area (Å²) in [6.45, 7) is 4.42. The fourth-order valence-electron chi connectivity index (χ4n) is 1.34. The van der Waals surface area contributed by atoms with E-state index in [1.54, 1.807) is 0 Å². The van der Waals surface area contributed by atoms with Crippen molar-refractivity contribution in [3.8, 4) is 0 Å². The van der Waals surface area contributed by atoms with Crippen LogP contribution in [0.2, 0.25) is 0 Å². The highest BCUT2D eigenvalue weighted by atomic mass is 16.3. The van der Waals surface area contributed by atoms with Crippen molar-refractivity contribution in [1.29, 1.82) is 0 Å². The molecule has 0 bridgehead atoms. The summed E-state index contributed by atoms with van der Waals surface area (Å²) in [5.74, 6) is 1.53. The fourth-order valence-corrected chi connectivity index (χ4v) is 1.34. The number of imidazole rings is 1. The molecule has 68 valence electrons. The first-order chi connectivity index (χ1) is 5.66. The number of aliphatic hydroxyl groups excluding tert-OH is 1. The van der Waals surface area contributed by atoms with Crippen LogP contribution in [0.15, 0.2) is 6.20 Å². The highest BCUT2D eigenvalue weighted by Crippen LogP contribution is 2.13. The Labute approximate surface area is 73.1 Å². The van der Waals surface area contributed by atoms with Crippen LogP contribution in [0.1, 0.15) is 31.3 Å². The minimum atomic E-state index is 0.192. The van der Waals surface area contributed by atoms with E-state index in [-0.39, 0.29) is 6.61 Å². The van der Waals surface area contributed by atoms with Gasteiger partial charge in [-0.25, -0.2) is 4.98 Å². The lowest BCUT2D eigenvalue weighted by Crippen LogP contribution is -2.04. The first-order valence-corrected chi connectivity index (χ1v) is 4.28. The topological polar surface area (TPSA) is 38.1 Å². The molecule has 0 atom stereocenters. The van der Waals surface area contributed by atoms with E-state index >= 15 is 0 Å². The van der Waals surface area contributed by atoms with E-state index in [9.17, 15) is 0 Å². The highest BCUT2D eigenvalue weighted by Gasteiger charge is 2.08. The number of rotatable bonds is 3. The summed E-state index contributed by atoms with van der Waals surface area (Å²) >= 11 is 0.